The summed E-state index contributed by atoms with van der Waals surface area (Å²) in [5.74, 6) is 0.845. The van der Waals surface area contributed by atoms with Crippen LogP contribution in [0.2, 0.25) is 0 Å². The van der Waals surface area contributed by atoms with Gasteiger partial charge in [-0.15, -0.1) is 0 Å². The summed E-state index contributed by atoms with van der Waals surface area (Å²) in [4.78, 5) is 13.5. The molecule has 1 aliphatic rings. The second-order valence-corrected chi connectivity index (χ2v) is 9.57. The van der Waals surface area contributed by atoms with Crippen molar-refractivity contribution in [3.8, 4) is 11.1 Å². The van der Waals surface area contributed by atoms with E-state index in [9.17, 15) is 0 Å². The molecule has 9 nitrogen and oxygen atoms in total. The van der Waals surface area contributed by atoms with Crippen LogP contribution in [-0.4, -0.2) is 83.5 Å². The first-order valence-corrected chi connectivity index (χ1v) is 12.6. The number of H-pyrrole nitrogens is 1. The van der Waals surface area contributed by atoms with Gasteiger partial charge in [-0.25, -0.2) is 4.98 Å². The number of anilines is 2. The first-order valence-electron chi connectivity index (χ1n) is 12.6. The molecule has 0 spiro atoms. The van der Waals surface area contributed by atoms with Gasteiger partial charge in [-0.05, 0) is 55.6 Å². The average Bonchev–Trinajstić information content (AvgIpc) is 3.34. The normalized spacial score (nSPS) is 14.2. The number of hydrogen-bond donors (Lipinski definition) is 3. The van der Waals surface area contributed by atoms with Gasteiger partial charge in [0.25, 0.3) is 0 Å². The number of nitrogens with zero attached hydrogens (tertiary/aromatic N) is 5. The Morgan fingerprint density at radius 3 is 2.73 bits per heavy atom. The zero-order valence-corrected chi connectivity index (χ0v) is 21.5. The zero-order chi connectivity index (χ0) is 25.6. The molecule has 0 atom stereocenters. The number of ether oxygens (including phenoxy) is 1. The van der Waals surface area contributed by atoms with E-state index in [0.717, 1.165) is 85.2 Å². The quantitative estimate of drug-likeness (QED) is 0.303. The third-order valence-electron chi connectivity index (χ3n) is 6.41. The Labute approximate surface area is 217 Å². The molecular weight excluding hydrogens is 464 g/mol. The summed E-state index contributed by atoms with van der Waals surface area (Å²) < 4.78 is 5.47. The smallest absolute Gasteiger partial charge is 0.126 e. The van der Waals surface area contributed by atoms with Crippen molar-refractivity contribution in [3.05, 3.63) is 72.8 Å². The number of rotatable bonds is 10. The number of benzene rings is 1. The third-order valence-corrected chi connectivity index (χ3v) is 6.41. The van der Waals surface area contributed by atoms with E-state index in [1.165, 1.54) is 5.56 Å². The lowest BCUT2D eigenvalue weighted by atomic mass is 10.0. The van der Waals surface area contributed by atoms with Crippen molar-refractivity contribution in [2.75, 3.05) is 64.1 Å². The summed E-state index contributed by atoms with van der Waals surface area (Å²) in [6.07, 6.45) is 5.66. The highest BCUT2D eigenvalue weighted by Crippen LogP contribution is 2.29. The molecule has 1 fully saturated rings. The number of pyridine rings is 2. The Morgan fingerprint density at radius 2 is 1.95 bits per heavy atom. The number of nitrogens with one attached hydrogen (secondary N) is 3. The molecule has 0 unspecified atom stereocenters. The van der Waals surface area contributed by atoms with Gasteiger partial charge in [0, 0.05) is 56.1 Å². The summed E-state index contributed by atoms with van der Waals surface area (Å²) in [6, 6.07) is 12.5. The molecule has 5 rings (SSSR count). The van der Waals surface area contributed by atoms with E-state index in [1.54, 1.807) is 6.20 Å². The van der Waals surface area contributed by atoms with Gasteiger partial charge in [0.15, 0.2) is 0 Å². The van der Waals surface area contributed by atoms with E-state index in [1.807, 2.05) is 24.5 Å². The van der Waals surface area contributed by atoms with Gasteiger partial charge in [-0.2, -0.15) is 5.10 Å². The number of fused-ring (bicyclic) bond motifs is 1. The van der Waals surface area contributed by atoms with E-state index in [0.29, 0.717) is 5.70 Å². The lowest BCUT2D eigenvalue weighted by molar-refractivity contribution is 0.0341. The number of aromatic amines is 1. The fourth-order valence-electron chi connectivity index (χ4n) is 4.39. The Balaban J connectivity index is 1.29. The maximum Gasteiger partial charge on any atom is 0.126 e. The molecule has 3 N–H and O–H groups in total. The van der Waals surface area contributed by atoms with E-state index < -0.39 is 0 Å². The fourth-order valence-corrected chi connectivity index (χ4v) is 4.39. The molecule has 4 aromatic rings. The monoisotopic (exact) mass is 498 g/mol. The van der Waals surface area contributed by atoms with Gasteiger partial charge in [0.2, 0.25) is 0 Å². The van der Waals surface area contributed by atoms with Crippen LogP contribution in [0.5, 0.6) is 0 Å². The summed E-state index contributed by atoms with van der Waals surface area (Å²) in [5.41, 5.74) is 6.67. The maximum absolute atomic E-state index is 5.47. The molecule has 192 valence electrons. The van der Waals surface area contributed by atoms with Gasteiger partial charge in [-0.3, -0.25) is 15.0 Å². The number of morpholine rings is 1. The van der Waals surface area contributed by atoms with Crippen molar-refractivity contribution in [3.63, 3.8) is 0 Å². The van der Waals surface area contributed by atoms with Gasteiger partial charge in [0.05, 0.1) is 36.3 Å². The standard InChI is InChI=1S/C28H34N8O/c1-20(32-24-5-7-27(31-18-24)30-8-9-35(2)3)28-25-15-22(4-6-26(25)33-34-28)23-14-21(16-29-17-23)19-36-10-12-37-13-11-36/h4-7,14-18,32H,1,8-13,19H2,2-3H3,(H,30,31)(H,33,34). The molecule has 0 radical (unpaired) electrons. The van der Waals surface area contributed by atoms with E-state index in [-0.39, 0.29) is 0 Å². The Morgan fingerprint density at radius 1 is 1.08 bits per heavy atom. The predicted octanol–water partition coefficient (Wildman–Crippen LogP) is 3.91. The van der Waals surface area contributed by atoms with Crippen LogP contribution < -0.4 is 10.6 Å². The van der Waals surface area contributed by atoms with Crippen LogP contribution in [0.3, 0.4) is 0 Å². The van der Waals surface area contributed by atoms with Gasteiger partial charge < -0.3 is 20.3 Å². The summed E-state index contributed by atoms with van der Waals surface area (Å²) in [5, 5.41) is 15.3. The van der Waals surface area contributed by atoms with Gasteiger partial charge >= 0.3 is 0 Å². The molecule has 9 heteroatoms. The predicted molar refractivity (Wildman–Crippen MR) is 149 cm³/mol. The Bertz CT molecular complexity index is 1340. The number of hydrogen-bond acceptors (Lipinski definition) is 8. The lowest BCUT2D eigenvalue weighted by Gasteiger charge is -2.26. The first kappa shape index (κ1) is 24.9. The van der Waals surface area contributed by atoms with Crippen LogP contribution in [-0.2, 0) is 11.3 Å². The van der Waals surface area contributed by atoms with Crippen molar-refractivity contribution in [1.82, 2.24) is 30.0 Å². The Hall–Kier alpha value is -3.79. The van der Waals surface area contributed by atoms with E-state index >= 15 is 0 Å². The molecule has 37 heavy (non-hydrogen) atoms. The highest BCUT2D eigenvalue weighted by Gasteiger charge is 2.14. The van der Waals surface area contributed by atoms with Crippen LogP contribution in [0.1, 0.15) is 11.3 Å². The van der Waals surface area contributed by atoms with Crippen molar-refractivity contribution in [2.24, 2.45) is 0 Å². The molecule has 0 saturated carbocycles. The molecule has 0 amide bonds. The largest absolute Gasteiger partial charge is 0.379 e. The average molecular weight is 499 g/mol. The maximum atomic E-state index is 5.47. The highest BCUT2D eigenvalue weighted by molar-refractivity contribution is 5.95. The minimum Gasteiger partial charge on any atom is -0.379 e. The molecule has 1 aromatic carbocycles. The minimum absolute atomic E-state index is 0.706. The summed E-state index contributed by atoms with van der Waals surface area (Å²) in [6.45, 7) is 10.4. The van der Waals surface area contributed by atoms with Crippen molar-refractivity contribution in [1.29, 1.82) is 0 Å². The van der Waals surface area contributed by atoms with Gasteiger partial charge in [-0.1, -0.05) is 12.6 Å². The fraction of sp³-hybridized carbons (Fsp3) is 0.321. The first-order chi connectivity index (χ1) is 18.0. The van der Waals surface area contributed by atoms with Crippen LogP contribution >= 0.6 is 0 Å². The summed E-state index contributed by atoms with van der Waals surface area (Å²) in [7, 11) is 4.10. The molecule has 3 aromatic heterocycles. The van der Waals surface area contributed by atoms with E-state index in [4.69, 9.17) is 4.74 Å². The van der Waals surface area contributed by atoms with Crippen molar-refractivity contribution in [2.45, 2.75) is 6.54 Å². The SMILES string of the molecule is C=C(Nc1ccc(NCCN(C)C)nc1)c1n[nH]c2ccc(-c3cncc(CN4CCOCC4)c3)cc12. The molecule has 1 aliphatic heterocycles. The molecule has 0 bridgehead atoms. The lowest BCUT2D eigenvalue weighted by Crippen LogP contribution is -2.35. The van der Waals surface area contributed by atoms with Gasteiger partial charge in [0.1, 0.15) is 11.5 Å². The number of likely N-dealkylation sites (N-methyl/N-ethyl adjacent to an activating group) is 1. The van der Waals surface area contributed by atoms with Crippen LogP contribution in [0, 0.1) is 0 Å². The van der Waals surface area contributed by atoms with Crippen LogP contribution in [0.4, 0.5) is 11.5 Å². The number of aromatic nitrogens is 4. The second-order valence-electron chi connectivity index (χ2n) is 9.57. The van der Waals surface area contributed by atoms with Crippen molar-refractivity contribution < 1.29 is 4.74 Å². The second kappa shape index (κ2) is 11.5. The Kier molecular flexibility index (Phi) is 7.74. The molecule has 1 saturated heterocycles. The molecular formula is C28H34N8O. The third kappa shape index (κ3) is 6.32. The molecule has 4 heterocycles. The van der Waals surface area contributed by atoms with Crippen LogP contribution in [0.15, 0.2) is 61.6 Å². The zero-order valence-electron chi connectivity index (χ0n) is 21.5. The van der Waals surface area contributed by atoms with Crippen molar-refractivity contribution >= 4 is 28.1 Å². The molecule has 0 aliphatic carbocycles. The topological polar surface area (TPSA) is 94.2 Å². The van der Waals surface area contributed by atoms with Crippen LogP contribution in [0.25, 0.3) is 27.7 Å². The minimum atomic E-state index is 0.706. The summed E-state index contributed by atoms with van der Waals surface area (Å²) >= 11 is 0. The highest BCUT2D eigenvalue weighted by atomic mass is 16.5. The van der Waals surface area contributed by atoms with E-state index in [2.05, 4.69) is 85.5 Å².